The molecule has 1 aromatic rings. The molecule has 0 unspecified atom stereocenters. The molecule has 20 heavy (non-hydrogen) atoms. The van der Waals surface area contributed by atoms with Crippen LogP contribution in [0.5, 0.6) is 0 Å². The van der Waals surface area contributed by atoms with Gasteiger partial charge in [0.15, 0.2) is 0 Å². The average molecular weight is 276 g/mol. The van der Waals surface area contributed by atoms with Gasteiger partial charge in [-0.2, -0.15) is 0 Å². The van der Waals surface area contributed by atoms with Gasteiger partial charge in [0.2, 0.25) is 11.8 Å². The number of rotatable bonds is 5. The summed E-state index contributed by atoms with van der Waals surface area (Å²) in [6.07, 6.45) is 0.271. The van der Waals surface area contributed by atoms with E-state index < -0.39 is 0 Å². The maximum absolute atomic E-state index is 12.2. The number of anilines is 1. The molecular weight excluding hydrogens is 256 g/mol. The van der Waals surface area contributed by atoms with Gasteiger partial charge in [-0.15, -0.1) is 0 Å². The quantitative estimate of drug-likeness (QED) is 0.887. The lowest BCUT2D eigenvalue weighted by molar-refractivity contribution is -0.130. The minimum atomic E-state index is -0.290. The summed E-state index contributed by atoms with van der Waals surface area (Å²) in [4.78, 5) is 25.8. The van der Waals surface area contributed by atoms with Gasteiger partial charge >= 0.3 is 0 Å². The van der Waals surface area contributed by atoms with Gasteiger partial charge in [0, 0.05) is 25.8 Å². The van der Waals surface area contributed by atoms with Crippen LogP contribution in [0, 0.1) is 5.92 Å². The molecule has 2 rings (SSSR count). The fourth-order valence-corrected chi connectivity index (χ4v) is 2.43. The van der Waals surface area contributed by atoms with Crippen molar-refractivity contribution in [1.82, 2.24) is 4.90 Å². The normalized spacial score (nSPS) is 20.0. The summed E-state index contributed by atoms with van der Waals surface area (Å²) in [5.41, 5.74) is 0.758. The number of hydrogen-bond donors (Lipinski definition) is 1. The second-order valence-corrected chi connectivity index (χ2v) is 5.11. The standard InChI is InChI=1S/C15H20N2O3/c1-11(10-20-2)17-9-12(8-14(17)18)15(19)16-13-6-4-3-5-7-13/h3-7,11-12H,8-10H2,1-2H3,(H,16,19)/t11-,12+/m1/s1. The Morgan fingerprint density at radius 2 is 2.15 bits per heavy atom. The van der Waals surface area contributed by atoms with Crippen molar-refractivity contribution in [2.24, 2.45) is 5.92 Å². The van der Waals surface area contributed by atoms with Gasteiger partial charge in [-0.05, 0) is 19.1 Å². The molecule has 5 heteroatoms. The highest BCUT2D eigenvalue weighted by Crippen LogP contribution is 2.22. The van der Waals surface area contributed by atoms with E-state index in [1.54, 1.807) is 12.0 Å². The molecule has 1 fully saturated rings. The van der Waals surface area contributed by atoms with E-state index in [1.807, 2.05) is 37.3 Å². The molecule has 1 aromatic carbocycles. The second kappa shape index (κ2) is 6.52. The number of para-hydroxylation sites is 1. The lowest BCUT2D eigenvalue weighted by atomic mass is 10.1. The van der Waals surface area contributed by atoms with Crippen molar-refractivity contribution in [3.63, 3.8) is 0 Å². The fourth-order valence-electron chi connectivity index (χ4n) is 2.43. The average Bonchev–Trinajstić information content (AvgIpc) is 2.82. The molecule has 2 amide bonds. The Hall–Kier alpha value is -1.88. The van der Waals surface area contributed by atoms with Crippen LogP contribution in [-0.2, 0) is 14.3 Å². The summed E-state index contributed by atoms with van der Waals surface area (Å²) >= 11 is 0. The second-order valence-electron chi connectivity index (χ2n) is 5.11. The van der Waals surface area contributed by atoms with Crippen LogP contribution in [0.3, 0.4) is 0 Å². The lowest BCUT2D eigenvalue weighted by Crippen LogP contribution is -2.38. The van der Waals surface area contributed by atoms with Gasteiger partial charge < -0.3 is 15.0 Å². The molecule has 0 radical (unpaired) electrons. The van der Waals surface area contributed by atoms with E-state index in [9.17, 15) is 9.59 Å². The van der Waals surface area contributed by atoms with Crippen molar-refractivity contribution in [3.8, 4) is 0 Å². The van der Waals surface area contributed by atoms with E-state index in [-0.39, 0.29) is 30.2 Å². The van der Waals surface area contributed by atoms with Gasteiger partial charge in [0.05, 0.1) is 18.6 Å². The summed E-state index contributed by atoms with van der Waals surface area (Å²) in [6.45, 7) is 2.87. The Kier molecular flexibility index (Phi) is 4.74. The number of ether oxygens (including phenoxy) is 1. The van der Waals surface area contributed by atoms with E-state index in [1.165, 1.54) is 0 Å². The highest BCUT2D eigenvalue weighted by molar-refractivity contribution is 5.97. The fraction of sp³-hybridized carbons (Fsp3) is 0.467. The van der Waals surface area contributed by atoms with Crippen LogP contribution in [0.4, 0.5) is 5.69 Å². The molecule has 0 saturated carbocycles. The molecule has 1 N–H and O–H groups in total. The van der Waals surface area contributed by atoms with Crippen LogP contribution >= 0.6 is 0 Å². The zero-order valence-electron chi connectivity index (χ0n) is 11.8. The Morgan fingerprint density at radius 1 is 1.45 bits per heavy atom. The van der Waals surface area contributed by atoms with E-state index in [0.29, 0.717) is 13.2 Å². The molecule has 108 valence electrons. The van der Waals surface area contributed by atoms with Crippen molar-refractivity contribution in [2.45, 2.75) is 19.4 Å². The van der Waals surface area contributed by atoms with E-state index >= 15 is 0 Å². The first-order chi connectivity index (χ1) is 9.61. The number of amides is 2. The third kappa shape index (κ3) is 3.36. The molecule has 2 atom stereocenters. The third-order valence-electron chi connectivity index (χ3n) is 3.51. The SMILES string of the molecule is COC[C@@H](C)N1C[C@@H](C(=O)Nc2ccccc2)CC1=O. The minimum absolute atomic E-state index is 0.00188. The maximum atomic E-state index is 12.2. The van der Waals surface area contributed by atoms with Crippen molar-refractivity contribution in [3.05, 3.63) is 30.3 Å². The van der Waals surface area contributed by atoms with E-state index in [2.05, 4.69) is 5.32 Å². The summed E-state index contributed by atoms with van der Waals surface area (Å²) in [6, 6.07) is 9.29. The summed E-state index contributed by atoms with van der Waals surface area (Å²) < 4.78 is 5.06. The molecule has 0 bridgehead atoms. The van der Waals surface area contributed by atoms with Crippen LogP contribution < -0.4 is 5.32 Å². The van der Waals surface area contributed by atoms with Gasteiger partial charge in [0.1, 0.15) is 0 Å². The maximum Gasteiger partial charge on any atom is 0.229 e. The van der Waals surface area contributed by atoms with E-state index in [4.69, 9.17) is 4.74 Å². The zero-order chi connectivity index (χ0) is 14.5. The highest BCUT2D eigenvalue weighted by Gasteiger charge is 2.36. The number of nitrogens with one attached hydrogen (secondary N) is 1. The number of nitrogens with zero attached hydrogens (tertiary/aromatic N) is 1. The molecule has 1 aliphatic heterocycles. The van der Waals surface area contributed by atoms with Crippen molar-refractivity contribution in [1.29, 1.82) is 0 Å². The predicted octanol–water partition coefficient (Wildman–Crippen LogP) is 1.51. The third-order valence-corrected chi connectivity index (χ3v) is 3.51. The molecule has 0 aliphatic carbocycles. The Bertz CT molecular complexity index is 475. The summed E-state index contributed by atoms with van der Waals surface area (Å²) in [5.74, 6) is -0.374. The van der Waals surface area contributed by atoms with Gasteiger partial charge in [0.25, 0.3) is 0 Å². The van der Waals surface area contributed by atoms with Crippen LogP contribution in [0.2, 0.25) is 0 Å². The van der Waals surface area contributed by atoms with Gasteiger partial charge in [-0.3, -0.25) is 9.59 Å². The highest BCUT2D eigenvalue weighted by atomic mass is 16.5. The first-order valence-electron chi connectivity index (χ1n) is 6.76. The van der Waals surface area contributed by atoms with Crippen LogP contribution in [0.15, 0.2) is 30.3 Å². The largest absolute Gasteiger partial charge is 0.383 e. The van der Waals surface area contributed by atoms with Crippen LogP contribution in [0.25, 0.3) is 0 Å². The topological polar surface area (TPSA) is 58.6 Å². The number of carbonyl (C=O) groups is 2. The number of methoxy groups -OCH3 is 1. The molecule has 0 spiro atoms. The Balaban J connectivity index is 1.94. The Morgan fingerprint density at radius 3 is 2.80 bits per heavy atom. The summed E-state index contributed by atoms with van der Waals surface area (Å²) in [5, 5.41) is 2.85. The number of hydrogen-bond acceptors (Lipinski definition) is 3. The molecular formula is C15H20N2O3. The van der Waals surface area contributed by atoms with Crippen molar-refractivity contribution >= 4 is 17.5 Å². The predicted molar refractivity (Wildman–Crippen MR) is 76.2 cm³/mol. The smallest absolute Gasteiger partial charge is 0.229 e. The molecule has 5 nitrogen and oxygen atoms in total. The van der Waals surface area contributed by atoms with Gasteiger partial charge in [-0.25, -0.2) is 0 Å². The van der Waals surface area contributed by atoms with Gasteiger partial charge in [-0.1, -0.05) is 18.2 Å². The van der Waals surface area contributed by atoms with Crippen molar-refractivity contribution < 1.29 is 14.3 Å². The number of likely N-dealkylation sites (tertiary alicyclic amines) is 1. The van der Waals surface area contributed by atoms with Crippen LogP contribution in [0.1, 0.15) is 13.3 Å². The zero-order valence-corrected chi connectivity index (χ0v) is 11.8. The molecule has 1 saturated heterocycles. The molecule has 1 aliphatic rings. The lowest BCUT2D eigenvalue weighted by Gasteiger charge is -2.23. The first-order valence-corrected chi connectivity index (χ1v) is 6.76. The monoisotopic (exact) mass is 276 g/mol. The Labute approximate surface area is 118 Å². The van der Waals surface area contributed by atoms with Crippen molar-refractivity contribution in [2.75, 3.05) is 25.6 Å². The first kappa shape index (κ1) is 14.5. The molecule has 1 heterocycles. The number of carbonyl (C=O) groups excluding carboxylic acids is 2. The van der Waals surface area contributed by atoms with E-state index in [0.717, 1.165) is 5.69 Å². The van der Waals surface area contributed by atoms with Crippen LogP contribution in [-0.4, -0.2) is 43.0 Å². The number of benzene rings is 1. The molecule has 0 aromatic heterocycles. The minimum Gasteiger partial charge on any atom is -0.383 e. The summed E-state index contributed by atoms with van der Waals surface area (Å²) in [7, 11) is 1.61.